The second-order valence-corrected chi connectivity index (χ2v) is 5.86. The first-order valence-corrected chi connectivity index (χ1v) is 8.63. The van der Waals surface area contributed by atoms with Gasteiger partial charge >= 0.3 is 0 Å². The number of hydrogen-bond donors (Lipinski definition) is 2. The van der Waals surface area contributed by atoms with Crippen LogP contribution >= 0.6 is 24.0 Å². The van der Waals surface area contributed by atoms with E-state index in [0.29, 0.717) is 13.2 Å². The van der Waals surface area contributed by atoms with E-state index in [0.717, 1.165) is 56.7 Å². The van der Waals surface area contributed by atoms with Crippen LogP contribution in [0.15, 0.2) is 23.3 Å². The molecular weight excluding hydrogens is 431 g/mol. The van der Waals surface area contributed by atoms with Gasteiger partial charge < -0.3 is 25.2 Å². The van der Waals surface area contributed by atoms with Crippen LogP contribution < -0.4 is 15.5 Å². The molecule has 1 saturated heterocycles. The Labute approximate surface area is 168 Å². The van der Waals surface area contributed by atoms with Crippen LogP contribution in [0.1, 0.15) is 12.5 Å². The molecule has 142 valence electrons. The minimum atomic E-state index is 0. The number of likely N-dealkylation sites (N-methyl/N-ethyl adjacent to an activating group) is 1. The molecule has 0 saturated carbocycles. The van der Waals surface area contributed by atoms with Crippen molar-refractivity contribution in [2.24, 2.45) is 4.99 Å². The monoisotopic (exact) mass is 462 g/mol. The first-order chi connectivity index (χ1) is 11.7. The molecule has 1 aliphatic heterocycles. The van der Waals surface area contributed by atoms with E-state index in [1.54, 1.807) is 7.05 Å². The number of aromatic nitrogens is 1. The maximum atomic E-state index is 5.31. The molecule has 1 fully saturated rings. The smallest absolute Gasteiger partial charge is 0.191 e. The zero-order valence-electron chi connectivity index (χ0n) is 15.5. The molecule has 2 heterocycles. The van der Waals surface area contributed by atoms with E-state index >= 15 is 0 Å². The highest BCUT2D eigenvalue weighted by Crippen LogP contribution is 2.13. The molecule has 0 unspecified atom stereocenters. The first-order valence-electron chi connectivity index (χ1n) is 8.63. The van der Waals surface area contributed by atoms with Gasteiger partial charge in [0.2, 0.25) is 0 Å². The Morgan fingerprint density at radius 3 is 2.60 bits per heavy atom. The van der Waals surface area contributed by atoms with Crippen LogP contribution in [-0.2, 0) is 11.3 Å². The number of nitrogens with one attached hydrogen (secondary N) is 2. The quantitative estimate of drug-likeness (QED) is 0.275. The largest absolute Gasteiger partial charge is 0.380 e. The number of guanidine groups is 1. The number of aliphatic imine (C=N–C) groups is 1. The number of nitrogens with zero attached hydrogens (tertiary/aromatic N) is 4. The highest BCUT2D eigenvalue weighted by molar-refractivity contribution is 14.0. The molecule has 1 aromatic rings. The molecular formula is C17H31IN6O. The maximum absolute atomic E-state index is 5.31. The fourth-order valence-corrected chi connectivity index (χ4v) is 2.54. The summed E-state index contributed by atoms with van der Waals surface area (Å²) in [5, 5.41) is 6.51. The van der Waals surface area contributed by atoms with Gasteiger partial charge in [-0.1, -0.05) is 6.07 Å². The third kappa shape index (κ3) is 7.74. The Morgan fingerprint density at radius 2 is 2.00 bits per heavy atom. The van der Waals surface area contributed by atoms with E-state index < -0.39 is 0 Å². The number of piperazine rings is 1. The summed E-state index contributed by atoms with van der Waals surface area (Å²) in [5.41, 5.74) is 1.14. The van der Waals surface area contributed by atoms with Crippen molar-refractivity contribution in [3.63, 3.8) is 0 Å². The topological polar surface area (TPSA) is 65.0 Å². The van der Waals surface area contributed by atoms with E-state index in [1.165, 1.54) is 0 Å². The van der Waals surface area contributed by atoms with Gasteiger partial charge in [-0.15, -0.1) is 24.0 Å². The van der Waals surface area contributed by atoms with E-state index in [9.17, 15) is 0 Å². The van der Waals surface area contributed by atoms with Gasteiger partial charge in [0.1, 0.15) is 5.82 Å². The maximum Gasteiger partial charge on any atom is 0.191 e. The average Bonchev–Trinajstić information content (AvgIpc) is 2.62. The molecule has 0 amide bonds. The number of halogens is 1. The van der Waals surface area contributed by atoms with Gasteiger partial charge in [0.25, 0.3) is 0 Å². The molecule has 1 aromatic heterocycles. The minimum Gasteiger partial charge on any atom is -0.380 e. The standard InChI is InChI=1S/C17H30N6O.HI/c1-4-24-12-7-19-17(18-2)21-14-15-5-6-16(20-13-15)23-10-8-22(3)9-11-23;/h5-6,13H,4,7-12,14H2,1-3H3,(H2,18,19,21);1H. The number of rotatable bonds is 7. The molecule has 0 bridgehead atoms. The lowest BCUT2D eigenvalue weighted by molar-refractivity contribution is 0.152. The lowest BCUT2D eigenvalue weighted by atomic mass is 10.2. The zero-order valence-corrected chi connectivity index (χ0v) is 17.8. The average molecular weight is 462 g/mol. The van der Waals surface area contributed by atoms with E-state index in [-0.39, 0.29) is 24.0 Å². The molecule has 7 nitrogen and oxygen atoms in total. The molecule has 0 radical (unpaired) electrons. The third-order valence-corrected chi connectivity index (χ3v) is 4.06. The molecule has 0 atom stereocenters. The van der Waals surface area contributed by atoms with Crippen LogP contribution in [0.25, 0.3) is 0 Å². The number of ether oxygens (including phenoxy) is 1. The van der Waals surface area contributed by atoms with E-state index in [2.05, 4.69) is 49.6 Å². The predicted octanol–water partition coefficient (Wildman–Crippen LogP) is 1.15. The number of pyridine rings is 1. The Hall–Kier alpha value is -1.13. The van der Waals surface area contributed by atoms with Gasteiger partial charge in [-0.3, -0.25) is 4.99 Å². The van der Waals surface area contributed by atoms with Crippen molar-refractivity contribution in [2.75, 3.05) is 64.9 Å². The van der Waals surface area contributed by atoms with Crippen molar-refractivity contribution in [3.8, 4) is 0 Å². The lowest BCUT2D eigenvalue weighted by Gasteiger charge is -2.33. The van der Waals surface area contributed by atoms with Crippen molar-refractivity contribution >= 4 is 35.8 Å². The Kier molecular flexibility index (Phi) is 10.7. The van der Waals surface area contributed by atoms with Crippen LogP contribution in [-0.4, -0.2) is 75.9 Å². The second-order valence-electron chi connectivity index (χ2n) is 5.86. The van der Waals surface area contributed by atoms with Crippen LogP contribution in [0.2, 0.25) is 0 Å². The van der Waals surface area contributed by atoms with Crippen molar-refractivity contribution in [2.45, 2.75) is 13.5 Å². The molecule has 2 N–H and O–H groups in total. The molecule has 25 heavy (non-hydrogen) atoms. The van der Waals surface area contributed by atoms with Gasteiger partial charge in [-0.25, -0.2) is 4.98 Å². The summed E-state index contributed by atoms with van der Waals surface area (Å²) in [7, 11) is 3.93. The fourth-order valence-electron chi connectivity index (χ4n) is 2.54. The second kappa shape index (κ2) is 12.3. The van der Waals surface area contributed by atoms with Crippen LogP contribution in [0.5, 0.6) is 0 Å². The summed E-state index contributed by atoms with van der Waals surface area (Å²) >= 11 is 0. The van der Waals surface area contributed by atoms with Crippen molar-refractivity contribution in [1.29, 1.82) is 0 Å². The van der Waals surface area contributed by atoms with Gasteiger partial charge in [0, 0.05) is 59.1 Å². The SMILES string of the molecule is CCOCCNC(=NC)NCc1ccc(N2CCN(C)CC2)nc1.I. The predicted molar refractivity (Wildman–Crippen MR) is 114 cm³/mol. The normalized spacial score (nSPS) is 15.6. The highest BCUT2D eigenvalue weighted by atomic mass is 127. The summed E-state index contributed by atoms with van der Waals surface area (Å²) in [6, 6.07) is 4.23. The lowest BCUT2D eigenvalue weighted by Crippen LogP contribution is -2.44. The van der Waals surface area contributed by atoms with E-state index in [4.69, 9.17) is 4.74 Å². The molecule has 0 spiro atoms. The van der Waals surface area contributed by atoms with Crippen LogP contribution in [0, 0.1) is 0 Å². The Balaban J connectivity index is 0.00000312. The van der Waals surface area contributed by atoms with Crippen LogP contribution in [0.3, 0.4) is 0 Å². The van der Waals surface area contributed by atoms with Crippen molar-refractivity contribution < 1.29 is 4.74 Å². The zero-order chi connectivity index (χ0) is 17.2. The molecule has 0 aliphatic carbocycles. The Bertz CT molecular complexity index is 502. The summed E-state index contributed by atoms with van der Waals surface area (Å²) in [6.45, 7) is 9.11. The minimum absolute atomic E-state index is 0. The summed E-state index contributed by atoms with van der Waals surface area (Å²) in [6.07, 6.45) is 1.94. The summed E-state index contributed by atoms with van der Waals surface area (Å²) in [4.78, 5) is 13.5. The van der Waals surface area contributed by atoms with E-state index in [1.807, 2.05) is 13.1 Å². The van der Waals surface area contributed by atoms with Gasteiger partial charge in [-0.2, -0.15) is 0 Å². The van der Waals surface area contributed by atoms with Crippen molar-refractivity contribution in [1.82, 2.24) is 20.5 Å². The fraction of sp³-hybridized carbons (Fsp3) is 0.647. The summed E-state index contributed by atoms with van der Waals surface area (Å²) < 4.78 is 5.31. The first kappa shape index (κ1) is 21.9. The van der Waals surface area contributed by atoms with Gasteiger partial charge in [0.05, 0.1) is 6.61 Å². The Morgan fingerprint density at radius 1 is 1.24 bits per heavy atom. The van der Waals surface area contributed by atoms with Gasteiger partial charge in [-0.05, 0) is 25.6 Å². The number of hydrogen-bond acceptors (Lipinski definition) is 5. The molecule has 2 rings (SSSR count). The van der Waals surface area contributed by atoms with Crippen LogP contribution in [0.4, 0.5) is 5.82 Å². The third-order valence-electron chi connectivity index (χ3n) is 4.06. The van der Waals surface area contributed by atoms with Crippen molar-refractivity contribution in [3.05, 3.63) is 23.9 Å². The molecule has 8 heteroatoms. The number of anilines is 1. The molecule has 0 aromatic carbocycles. The molecule has 1 aliphatic rings. The van der Waals surface area contributed by atoms with Gasteiger partial charge in [0.15, 0.2) is 5.96 Å². The summed E-state index contributed by atoms with van der Waals surface area (Å²) in [5.74, 6) is 1.84. The highest BCUT2D eigenvalue weighted by Gasteiger charge is 2.14.